The summed E-state index contributed by atoms with van der Waals surface area (Å²) in [7, 11) is 0. The average molecular weight is 174 g/mol. The summed E-state index contributed by atoms with van der Waals surface area (Å²) in [4.78, 5) is 0. The van der Waals surface area contributed by atoms with E-state index in [-0.39, 0.29) is 12.3 Å². The van der Waals surface area contributed by atoms with Crippen LogP contribution in [0.3, 0.4) is 0 Å². The molecule has 0 heterocycles. The number of halogens is 2. The maximum atomic E-state index is 13.2. The van der Waals surface area contributed by atoms with E-state index in [1.54, 1.807) is 6.08 Å². The van der Waals surface area contributed by atoms with Crippen LogP contribution in [0.15, 0.2) is 11.6 Å². The van der Waals surface area contributed by atoms with Crippen LogP contribution in [-0.2, 0) is 0 Å². The molecular weight excluding hydrogens is 158 g/mol. The van der Waals surface area contributed by atoms with Crippen molar-refractivity contribution in [2.75, 3.05) is 0 Å². The highest BCUT2D eigenvalue weighted by molar-refractivity contribution is 5.15. The van der Waals surface area contributed by atoms with Gasteiger partial charge in [0, 0.05) is 6.42 Å². The SMILES string of the molecule is CC(C)/C=C1\CCCCC1(F)F. The number of hydrogen-bond acceptors (Lipinski definition) is 0. The van der Waals surface area contributed by atoms with Gasteiger partial charge < -0.3 is 0 Å². The molecule has 0 atom stereocenters. The van der Waals surface area contributed by atoms with Crippen LogP contribution in [0.25, 0.3) is 0 Å². The van der Waals surface area contributed by atoms with Crippen molar-refractivity contribution in [1.82, 2.24) is 0 Å². The predicted molar refractivity (Wildman–Crippen MR) is 46.3 cm³/mol. The molecule has 0 aliphatic heterocycles. The van der Waals surface area contributed by atoms with E-state index in [2.05, 4.69) is 0 Å². The molecule has 0 aromatic carbocycles. The molecule has 0 aromatic rings. The fourth-order valence-corrected chi connectivity index (χ4v) is 1.61. The van der Waals surface area contributed by atoms with Gasteiger partial charge in [-0.05, 0) is 30.8 Å². The van der Waals surface area contributed by atoms with Gasteiger partial charge in [-0.25, -0.2) is 8.78 Å². The lowest BCUT2D eigenvalue weighted by atomic mass is 9.89. The number of alkyl halides is 2. The topological polar surface area (TPSA) is 0 Å². The summed E-state index contributed by atoms with van der Waals surface area (Å²) in [6, 6.07) is 0. The van der Waals surface area contributed by atoms with Gasteiger partial charge in [0.05, 0.1) is 0 Å². The summed E-state index contributed by atoms with van der Waals surface area (Å²) in [6.07, 6.45) is 3.95. The Kier molecular flexibility index (Phi) is 2.86. The molecule has 2 heteroatoms. The molecule has 0 unspecified atom stereocenters. The second-order valence-electron chi connectivity index (χ2n) is 3.85. The molecule has 0 nitrogen and oxygen atoms in total. The molecule has 1 aliphatic rings. The number of rotatable bonds is 1. The summed E-state index contributed by atoms with van der Waals surface area (Å²) in [5.41, 5.74) is 0.365. The van der Waals surface area contributed by atoms with Gasteiger partial charge in [-0.2, -0.15) is 0 Å². The summed E-state index contributed by atoms with van der Waals surface area (Å²) in [6.45, 7) is 3.88. The van der Waals surface area contributed by atoms with Crippen LogP contribution in [0.4, 0.5) is 8.78 Å². The van der Waals surface area contributed by atoms with Gasteiger partial charge in [0.1, 0.15) is 0 Å². The normalized spacial score (nSPS) is 26.6. The average Bonchev–Trinajstić information content (AvgIpc) is 1.92. The standard InChI is InChI=1S/C10H16F2/c1-8(2)7-9-5-3-4-6-10(9,11)12/h7-8H,3-6H2,1-2H3/b9-7+. The third-order valence-corrected chi connectivity index (χ3v) is 2.19. The second kappa shape index (κ2) is 3.55. The molecule has 0 bridgehead atoms. The fraction of sp³-hybridized carbons (Fsp3) is 0.800. The minimum absolute atomic E-state index is 0.0472. The largest absolute Gasteiger partial charge is 0.269 e. The monoisotopic (exact) mass is 174 g/mol. The van der Waals surface area contributed by atoms with Gasteiger partial charge >= 0.3 is 0 Å². The van der Waals surface area contributed by atoms with E-state index in [4.69, 9.17) is 0 Å². The van der Waals surface area contributed by atoms with Gasteiger partial charge in [0.25, 0.3) is 5.92 Å². The Labute approximate surface area is 72.7 Å². The minimum Gasteiger partial charge on any atom is -0.202 e. The first-order chi connectivity index (χ1) is 5.52. The van der Waals surface area contributed by atoms with Crippen molar-refractivity contribution >= 4 is 0 Å². The van der Waals surface area contributed by atoms with Crippen LogP contribution in [0.2, 0.25) is 0 Å². The predicted octanol–water partition coefficient (Wildman–Crippen LogP) is 3.78. The highest BCUT2D eigenvalue weighted by Gasteiger charge is 2.35. The lowest BCUT2D eigenvalue weighted by Gasteiger charge is -2.25. The maximum absolute atomic E-state index is 13.2. The Morgan fingerprint density at radius 1 is 1.33 bits per heavy atom. The van der Waals surface area contributed by atoms with Crippen LogP contribution < -0.4 is 0 Å². The first-order valence-corrected chi connectivity index (χ1v) is 4.61. The minimum atomic E-state index is -2.51. The van der Waals surface area contributed by atoms with Crippen molar-refractivity contribution in [2.45, 2.75) is 45.5 Å². The van der Waals surface area contributed by atoms with Gasteiger partial charge in [0.2, 0.25) is 0 Å². The number of hydrogen-bond donors (Lipinski definition) is 0. The number of allylic oxidation sites excluding steroid dienone is 2. The zero-order valence-electron chi connectivity index (χ0n) is 7.74. The van der Waals surface area contributed by atoms with Crippen molar-refractivity contribution in [3.05, 3.63) is 11.6 Å². The van der Waals surface area contributed by atoms with Crippen LogP contribution in [0, 0.1) is 5.92 Å². The molecule has 1 fully saturated rings. The Morgan fingerprint density at radius 3 is 2.50 bits per heavy atom. The third-order valence-electron chi connectivity index (χ3n) is 2.19. The van der Waals surface area contributed by atoms with Crippen molar-refractivity contribution < 1.29 is 8.78 Å². The zero-order valence-corrected chi connectivity index (χ0v) is 7.74. The molecule has 12 heavy (non-hydrogen) atoms. The molecule has 0 aromatic heterocycles. The summed E-state index contributed by atoms with van der Waals surface area (Å²) >= 11 is 0. The van der Waals surface area contributed by atoms with Gasteiger partial charge in [-0.1, -0.05) is 19.9 Å². The Hall–Kier alpha value is -0.400. The maximum Gasteiger partial charge on any atom is 0.269 e. The molecule has 0 N–H and O–H groups in total. The Bertz CT molecular complexity index is 180. The summed E-state index contributed by atoms with van der Waals surface area (Å²) < 4.78 is 26.3. The summed E-state index contributed by atoms with van der Waals surface area (Å²) in [5, 5.41) is 0. The van der Waals surface area contributed by atoms with Crippen LogP contribution in [0.5, 0.6) is 0 Å². The van der Waals surface area contributed by atoms with Crippen molar-refractivity contribution in [3.8, 4) is 0 Å². The fourth-order valence-electron chi connectivity index (χ4n) is 1.61. The Morgan fingerprint density at radius 2 is 2.00 bits per heavy atom. The van der Waals surface area contributed by atoms with Crippen LogP contribution in [0.1, 0.15) is 39.5 Å². The first-order valence-electron chi connectivity index (χ1n) is 4.61. The molecule has 1 rings (SSSR count). The van der Waals surface area contributed by atoms with Crippen molar-refractivity contribution in [2.24, 2.45) is 5.92 Å². The van der Waals surface area contributed by atoms with Crippen molar-refractivity contribution in [3.63, 3.8) is 0 Å². The lowest BCUT2D eigenvalue weighted by Crippen LogP contribution is -2.23. The molecule has 0 amide bonds. The highest BCUT2D eigenvalue weighted by atomic mass is 19.3. The van der Waals surface area contributed by atoms with Gasteiger partial charge in [0.15, 0.2) is 0 Å². The summed E-state index contributed by atoms with van der Waals surface area (Å²) in [5.74, 6) is -2.27. The first kappa shape index (κ1) is 9.69. The van der Waals surface area contributed by atoms with Gasteiger partial charge in [-0.3, -0.25) is 0 Å². The molecular formula is C10H16F2. The highest BCUT2D eigenvalue weighted by Crippen LogP contribution is 2.38. The molecule has 1 saturated carbocycles. The zero-order chi connectivity index (χ0) is 9.19. The quantitative estimate of drug-likeness (QED) is 0.531. The Balaban J connectivity index is 2.72. The molecule has 0 saturated heterocycles. The molecule has 0 radical (unpaired) electrons. The smallest absolute Gasteiger partial charge is 0.202 e. The third kappa shape index (κ3) is 2.29. The van der Waals surface area contributed by atoms with E-state index in [0.717, 1.165) is 6.42 Å². The van der Waals surface area contributed by atoms with E-state index < -0.39 is 5.92 Å². The second-order valence-corrected chi connectivity index (χ2v) is 3.85. The van der Waals surface area contributed by atoms with E-state index in [9.17, 15) is 8.78 Å². The molecule has 1 aliphatic carbocycles. The van der Waals surface area contributed by atoms with Crippen LogP contribution >= 0.6 is 0 Å². The van der Waals surface area contributed by atoms with E-state index >= 15 is 0 Å². The van der Waals surface area contributed by atoms with Gasteiger partial charge in [-0.15, -0.1) is 0 Å². The van der Waals surface area contributed by atoms with E-state index in [1.165, 1.54) is 0 Å². The van der Waals surface area contributed by atoms with Crippen LogP contribution in [-0.4, -0.2) is 5.92 Å². The van der Waals surface area contributed by atoms with Crippen molar-refractivity contribution in [1.29, 1.82) is 0 Å². The lowest BCUT2D eigenvalue weighted by molar-refractivity contribution is 0.0147. The molecule has 0 spiro atoms. The molecule has 70 valence electrons. The van der Waals surface area contributed by atoms with E-state index in [0.29, 0.717) is 18.4 Å². The van der Waals surface area contributed by atoms with E-state index in [1.807, 2.05) is 13.8 Å².